The molecular formula is C16H22N6O. The number of likely N-dealkylation sites (tertiary alicyclic amines) is 1. The Morgan fingerprint density at radius 1 is 1.39 bits per heavy atom. The third kappa shape index (κ3) is 3.39. The summed E-state index contributed by atoms with van der Waals surface area (Å²) in [7, 11) is 5.82. The molecular weight excluding hydrogens is 292 g/mol. The highest BCUT2D eigenvalue weighted by molar-refractivity contribution is 5.92. The van der Waals surface area contributed by atoms with Gasteiger partial charge in [-0.1, -0.05) is 0 Å². The summed E-state index contributed by atoms with van der Waals surface area (Å²) in [6, 6.07) is 1.74. The molecule has 0 aliphatic carbocycles. The Balaban J connectivity index is 1.82. The molecule has 0 N–H and O–H groups in total. The van der Waals surface area contributed by atoms with Crippen LogP contribution in [0.4, 0.5) is 0 Å². The van der Waals surface area contributed by atoms with Crippen molar-refractivity contribution in [2.75, 3.05) is 20.6 Å². The van der Waals surface area contributed by atoms with Gasteiger partial charge in [-0.25, -0.2) is 0 Å². The number of carbonyl (C=O) groups is 1. The fourth-order valence-electron chi connectivity index (χ4n) is 2.98. The number of hydrogen-bond donors (Lipinski definition) is 0. The maximum Gasteiger partial charge on any atom is 0.274 e. The van der Waals surface area contributed by atoms with Crippen LogP contribution in [0.3, 0.4) is 0 Å². The first-order chi connectivity index (χ1) is 11.0. The Morgan fingerprint density at radius 2 is 2.22 bits per heavy atom. The zero-order valence-corrected chi connectivity index (χ0v) is 13.8. The van der Waals surface area contributed by atoms with E-state index in [4.69, 9.17) is 4.98 Å². The number of rotatable bonds is 4. The molecule has 1 fully saturated rings. The second kappa shape index (κ2) is 6.45. The molecule has 1 aliphatic rings. The number of carbonyl (C=O) groups excluding carboxylic acids is 1. The largest absolute Gasteiger partial charge is 0.329 e. The van der Waals surface area contributed by atoms with Gasteiger partial charge in [-0.2, -0.15) is 5.10 Å². The lowest BCUT2D eigenvalue weighted by Crippen LogP contribution is -2.31. The van der Waals surface area contributed by atoms with Crippen LogP contribution in [-0.4, -0.2) is 56.1 Å². The zero-order chi connectivity index (χ0) is 16.4. The van der Waals surface area contributed by atoms with Gasteiger partial charge in [0, 0.05) is 32.5 Å². The van der Waals surface area contributed by atoms with Crippen LogP contribution in [0.2, 0.25) is 0 Å². The monoisotopic (exact) mass is 314 g/mol. The van der Waals surface area contributed by atoms with Gasteiger partial charge in [-0.15, -0.1) is 0 Å². The molecule has 0 saturated carbocycles. The zero-order valence-electron chi connectivity index (χ0n) is 13.8. The number of aryl methyl sites for hydroxylation is 1. The summed E-state index contributed by atoms with van der Waals surface area (Å²) in [6.45, 7) is 1.47. The van der Waals surface area contributed by atoms with E-state index >= 15 is 0 Å². The standard InChI is InChI=1S/C16H22N6O/c1-20(2)11-12-9-17-10-14(18-12)15-5-4-7-22(15)16(23)13-6-8-21(3)19-13/h6,8-10,15H,4-5,7,11H2,1-3H3/t15-/m0/s1. The summed E-state index contributed by atoms with van der Waals surface area (Å²) < 4.78 is 1.65. The Bertz CT molecular complexity index is 695. The highest BCUT2D eigenvalue weighted by Crippen LogP contribution is 2.31. The van der Waals surface area contributed by atoms with E-state index in [9.17, 15) is 4.79 Å². The van der Waals surface area contributed by atoms with E-state index in [1.807, 2.05) is 26.0 Å². The first kappa shape index (κ1) is 15.6. The van der Waals surface area contributed by atoms with Gasteiger partial charge < -0.3 is 9.80 Å². The van der Waals surface area contributed by atoms with E-state index in [1.165, 1.54) is 0 Å². The predicted octanol–water partition coefficient (Wildman–Crippen LogP) is 1.25. The van der Waals surface area contributed by atoms with Crippen molar-refractivity contribution in [2.24, 2.45) is 7.05 Å². The van der Waals surface area contributed by atoms with Crippen molar-refractivity contribution in [2.45, 2.75) is 25.4 Å². The predicted molar refractivity (Wildman–Crippen MR) is 85.6 cm³/mol. The molecule has 0 aromatic carbocycles. The van der Waals surface area contributed by atoms with Crippen LogP contribution in [0.25, 0.3) is 0 Å². The molecule has 7 heteroatoms. The van der Waals surface area contributed by atoms with Gasteiger partial charge in [0.2, 0.25) is 0 Å². The van der Waals surface area contributed by atoms with E-state index in [1.54, 1.807) is 29.3 Å². The smallest absolute Gasteiger partial charge is 0.274 e. The maximum absolute atomic E-state index is 12.7. The lowest BCUT2D eigenvalue weighted by atomic mass is 10.1. The molecule has 3 rings (SSSR count). The average molecular weight is 314 g/mol. The molecule has 1 amide bonds. The van der Waals surface area contributed by atoms with Gasteiger partial charge in [-0.3, -0.25) is 19.4 Å². The first-order valence-electron chi connectivity index (χ1n) is 7.81. The van der Waals surface area contributed by atoms with E-state index in [0.29, 0.717) is 5.69 Å². The summed E-state index contributed by atoms with van der Waals surface area (Å²) in [5.41, 5.74) is 2.27. The number of nitrogens with zero attached hydrogens (tertiary/aromatic N) is 6. The van der Waals surface area contributed by atoms with E-state index in [-0.39, 0.29) is 11.9 Å². The molecule has 23 heavy (non-hydrogen) atoms. The molecule has 7 nitrogen and oxygen atoms in total. The molecule has 0 spiro atoms. The summed E-state index contributed by atoms with van der Waals surface area (Å²) in [6.07, 6.45) is 7.23. The van der Waals surface area contributed by atoms with Gasteiger partial charge in [0.05, 0.1) is 23.6 Å². The van der Waals surface area contributed by atoms with Gasteiger partial charge in [0.1, 0.15) is 5.69 Å². The van der Waals surface area contributed by atoms with Crippen LogP contribution in [-0.2, 0) is 13.6 Å². The first-order valence-corrected chi connectivity index (χ1v) is 7.81. The Kier molecular flexibility index (Phi) is 4.38. The van der Waals surface area contributed by atoms with E-state index in [0.717, 1.165) is 37.3 Å². The number of amides is 1. The minimum Gasteiger partial charge on any atom is -0.329 e. The highest BCUT2D eigenvalue weighted by Gasteiger charge is 2.32. The SMILES string of the molecule is CN(C)Cc1cncc([C@@H]2CCCN2C(=O)c2ccn(C)n2)n1. The minimum absolute atomic E-state index is 0.0147. The number of aromatic nitrogens is 4. The van der Waals surface area contributed by atoms with Gasteiger partial charge >= 0.3 is 0 Å². The van der Waals surface area contributed by atoms with Crippen LogP contribution in [0.1, 0.15) is 40.8 Å². The van der Waals surface area contributed by atoms with Gasteiger partial charge in [-0.05, 0) is 33.0 Å². The Morgan fingerprint density at radius 3 is 2.91 bits per heavy atom. The fourth-order valence-corrected chi connectivity index (χ4v) is 2.98. The Hall–Kier alpha value is -2.28. The van der Waals surface area contributed by atoms with Crippen molar-refractivity contribution in [1.82, 2.24) is 29.5 Å². The third-order valence-corrected chi connectivity index (χ3v) is 3.97. The molecule has 0 bridgehead atoms. The highest BCUT2D eigenvalue weighted by atomic mass is 16.2. The van der Waals surface area contributed by atoms with Gasteiger partial charge in [0.15, 0.2) is 0 Å². The summed E-state index contributed by atoms with van der Waals surface area (Å²) >= 11 is 0. The summed E-state index contributed by atoms with van der Waals surface area (Å²) in [5, 5.41) is 4.22. The van der Waals surface area contributed by atoms with Crippen LogP contribution >= 0.6 is 0 Å². The van der Waals surface area contributed by atoms with Crippen LogP contribution < -0.4 is 0 Å². The van der Waals surface area contributed by atoms with Crippen molar-refractivity contribution in [3.05, 3.63) is 41.7 Å². The second-order valence-electron chi connectivity index (χ2n) is 6.20. The van der Waals surface area contributed by atoms with Crippen LogP contribution in [0.5, 0.6) is 0 Å². The molecule has 0 unspecified atom stereocenters. The van der Waals surface area contributed by atoms with Gasteiger partial charge in [0.25, 0.3) is 5.91 Å². The molecule has 0 radical (unpaired) electrons. The average Bonchev–Trinajstić information content (AvgIpc) is 3.15. The third-order valence-electron chi connectivity index (χ3n) is 3.97. The molecule has 122 valence electrons. The van der Waals surface area contributed by atoms with Crippen LogP contribution in [0, 0.1) is 0 Å². The molecule has 3 heterocycles. The van der Waals surface area contributed by atoms with Crippen molar-refractivity contribution in [3.8, 4) is 0 Å². The molecule has 1 atom stereocenters. The molecule has 2 aromatic heterocycles. The lowest BCUT2D eigenvalue weighted by Gasteiger charge is -2.23. The maximum atomic E-state index is 12.7. The summed E-state index contributed by atoms with van der Waals surface area (Å²) in [4.78, 5) is 25.6. The second-order valence-corrected chi connectivity index (χ2v) is 6.20. The summed E-state index contributed by atoms with van der Waals surface area (Å²) in [5.74, 6) is -0.0343. The van der Waals surface area contributed by atoms with Crippen LogP contribution in [0.15, 0.2) is 24.7 Å². The van der Waals surface area contributed by atoms with E-state index < -0.39 is 0 Å². The van der Waals surface area contributed by atoms with E-state index in [2.05, 4.69) is 15.0 Å². The fraction of sp³-hybridized carbons (Fsp3) is 0.500. The molecule has 1 aliphatic heterocycles. The van der Waals surface area contributed by atoms with Crippen molar-refractivity contribution in [3.63, 3.8) is 0 Å². The lowest BCUT2D eigenvalue weighted by molar-refractivity contribution is 0.0725. The normalized spacial score (nSPS) is 17.9. The minimum atomic E-state index is -0.0343. The Labute approximate surface area is 135 Å². The number of hydrogen-bond acceptors (Lipinski definition) is 5. The topological polar surface area (TPSA) is 67.2 Å². The molecule has 2 aromatic rings. The van der Waals surface area contributed by atoms with Crippen molar-refractivity contribution >= 4 is 5.91 Å². The van der Waals surface area contributed by atoms with Crippen molar-refractivity contribution < 1.29 is 4.79 Å². The molecule has 1 saturated heterocycles. The quantitative estimate of drug-likeness (QED) is 0.849. The van der Waals surface area contributed by atoms with Crippen molar-refractivity contribution in [1.29, 1.82) is 0 Å².